The van der Waals surface area contributed by atoms with Gasteiger partial charge in [0, 0.05) is 4.88 Å². The lowest BCUT2D eigenvalue weighted by molar-refractivity contribution is -0.443. The summed E-state index contributed by atoms with van der Waals surface area (Å²) in [5.74, 6) is -62.0. The predicted octanol–water partition coefficient (Wildman–Crippen LogP) is 8.34. The highest BCUT2D eigenvalue weighted by molar-refractivity contribution is 7.17. The zero-order valence-corrected chi connectivity index (χ0v) is 23.3. The molecule has 1 amide bonds. The lowest BCUT2D eigenvalue weighted by atomic mass is 9.72. The quantitative estimate of drug-likeness (QED) is 0.198. The highest BCUT2D eigenvalue weighted by atomic mass is 32.1. The molecule has 0 spiro atoms. The van der Waals surface area contributed by atoms with E-state index < -0.39 is 70.3 Å². The molecule has 0 radical (unpaired) electrons. The summed E-state index contributed by atoms with van der Waals surface area (Å²) in [6, 6.07) is 0. The Hall–Kier alpha value is -2.48. The average molecular weight is 695 g/mol. The van der Waals surface area contributed by atoms with Crippen LogP contribution in [-0.2, 0) is 22.4 Å². The van der Waals surface area contributed by atoms with Gasteiger partial charge in [0.05, 0.1) is 12.7 Å². The smallest absolute Gasteiger partial charge is 0.393 e. The molecule has 2 rings (SSSR count). The molecule has 1 aliphatic rings. The van der Waals surface area contributed by atoms with Gasteiger partial charge in [-0.3, -0.25) is 4.79 Å². The van der Waals surface area contributed by atoms with Crippen LogP contribution < -0.4 is 5.32 Å². The second-order valence-corrected chi connectivity index (χ2v) is 11.9. The standard InChI is InChI=1S/C23H21F16NO3S/c1-16(2,3)8-5-6-9-10(7-8)44-12(11(9)13(41)43-4)40-15(42)18(28,29)20(32,33)22(36,37)23(38,39)21(34,35)19(30,31)17(26,27)14(24)25/h8,14H,5-7H2,1-4H3,(H,40,42). The van der Waals surface area contributed by atoms with Gasteiger partial charge in [-0.05, 0) is 36.2 Å². The van der Waals surface area contributed by atoms with Crippen LogP contribution in [0, 0.1) is 11.3 Å². The van der Waals surface area contributed by atoms with Crippen molar-refractivity contribution in [2.75, 3.05) is 12.4 Å². The Labute approximate surface area is 241 Å². The van der Waals surface area contributed by atoms with Crippen molar-refractivity contribution >= 4 is 28.2 Å². The predicted molar refractivity (Wildman–Crippen MR) is 120 cm³/mol. The van der Waals surface area contributed by atoms with E-state index in [1.54, 1.807) is 20.8 Å². The molecule has 1 aromatic heterocycles. The molecule has 0 bridgehead atoms. The summed E-state index contributed by atoms with van der Waals surface area (Å²) in [6.45, 7) is 5.40. The van der Waals surface area contributed by atoms with Crippen molar-refractivity contribution in [1.29, 1.82) is 0 Å². The zero-order valence-electron chi connectivity index (χ0n) is 22.5. The topological polar surface area (TPSA) is 55.4 Å². The number of methoxy groups -OCH3 is 1. The molecule has 0 saturated heterocycles. The molecule has 0 aromatic carbocycles. The number of nitrogens with one attached hydrogen (secondary N) is 1. The van der Waals surface area contributed by atoms with Gasteiger partial charge in [0.25, 0.3) is 0 Å². The molecule has 1 unspecified atom stereocenters. The Kier molecular flexibility index (Phi) is 9.51. The van der Waals surface area contributed by atoms with Crippen molar-refractivity contribution < 1.29 is 84.6 Å². The van der Waals surface area contributed by atoms with E-state index in [0.29, 0.717) is 6.42 Å². The summed E-state index contributed by atoms with van der Waals surface area (Å²) in [6.07, 6.45) is -5.49. The maximum atomic E-state index is 14.5. The SMILES string of the molecule is COC(=O)c1c(NC(=O)C(F)(F)C(F)(F)C(F)(F)C(F)(F)C(F)(F)C(F)(F)C(F)(F)C(F)F)sc2c1CCC(C(C)(C)C)C2. The number of carbonyl (C=O) groups excluding carboxylic acids is 2. The number of halogens is 16. The second kappa shape index (κ2) is 11.1. The Morgan fingerprint density at radius 1 is 0.795 bits per heavy atom. The lowest BCUT2D eigenvalue weighted by Gasteiger charge is -2.42. The number of hydrogen-bond donors (Lipinski definition) is 1. The van der Waals surface area contributed by atoms with Crippen molar-refractivity contribution in [2.24, 2.45) is 11.3 Å². The van der Waals surface area contributed by atoms with Crippen molar-refractivity contribution in [3.05, 3.63) is 16.0 Å². The summed E-state index contributed by atoms with van der Waals surface area (Å²) in [5, 5.41) is -0.125. The van der Waals surface area contributed by atoms with Gasteiger partial charge in [-0.2, -0.15) is 61.5 Å². The molecule has 254 valence electrons. The number of carbonyl (C=O) groups is 2. The van der Waals surface area contributed by atoms with Crippen LogP contribution in [0.5, 0.6) is 0 Å². The van der Waals surface area contributed by atoms with Gasteiger partial charge >= 0.3 is 59.8 Å². The fourth-order valence-corrected chi connectivity index (χ4v) is 5.50. The monoisotopic (exact) mass is 695 g/mol. The number of thiophene rings is 1. The number of amides is 1. The maximum Gasteiger partial charge on any atom is 0.393 e. The number of anilines is 1. The highest BCUT2D eigenvalue weighted by Gasteiger charge is 2.94. The van der Waals surface area contributed by atoms with E-state index in [2.05, 4.69) is 4.74 Å². The molecule has 0 aliphatic heterocycles. The van der Waals surface area contributed by atoms with E-state index in [9.17, 15) is 79.8 Å². The van der Waals surface area contributed by atoms with E-state index in [0.717, 1.165) is 12.4 Å². The molecular formula is C23H21F16NO3S. The van der Waals surface area contributed by atoms with Crippen LogP contribution in [0.4, 0.5) is 75.2 Å². The molecular weight excluding hydrogens is 674 g/mol. The number of fused-ring (bicyclic) bond motifs is 1. The Bertz CT molecular complexity index is 1270. The summed E-state index contributed by atoms with van der Waals surface area (Å²) in [5.41, 5.74) is -1.07. The number of hydrogen-bond acceptors (Lipinski definition) is 4. The number of alkyl halides is 16. The van der Waals surface area contributed by atoms with E-state index >= 15 is 0 Å². The number of esters is 1. The Balaban J connectivity index is 2.58. The van der Waals surface area contributed by atoms with Crippen LogP contribution in [0.1, 0.15) is 48.0 Å². The molecule has 1 atom stereocenters. The molecule has 0 saturated carbocycles. The van der Waals surface area contributed by atoms with Gasteiger partial charge in [0.1, 0.15) is 5.00 Å². The first kappa shape index (κ1) is 37.7. The largest absolute Gasteiger partial charge is 0.465 e. The minimum atomic E-state index is -8.63. The molecule has 21 heteroatoms. The second-order valence-electron chi connectivity index (χ2n) is 10.8. The fourth-order valence-electron chi connectivity index (χ4n) is 4.19. The van der Waals surface area contributed by atoms with Crippen molar-refractivity contribution in [1.82, 2.24) is 0 Å². The number of rotatable bonds is 10. The van der Waals surface area contributed by atoms with E-state index in [1.807, 2.05) is 0 Å². The minimum Gasteiger partial charge on any atom is -0.465 e. The molecule has 4 nitrogen and oxygen atoms in total. The van der Waals surface area contributed by atoms with Gasteiger partial charge in [-0.15, -0.1) is 11.3 Å². The van der Waals surface area contributed by atoms with Gasteiger partial charge in [-0.25, -0.2) is 13.6 Å². The third kappa shape index (κ3) is 5.37. The summed E-state index contributed by atoms with van der Waals surface area (Å²) in [4.78, 5) is 24.6. The van der Waals surface area contributed by atoms with Crippen LogP contribution in [0.25, 0.3) is 0 Å². The molecule has 1 aromatic rings. The van der Waals surface area contributed by atoms with Gasteiger partial charge < -0.3 is 10.1 Å². The van der Waals surface area contributed by atoms with E-state index in [-0.39, 0.29) is 46.0 Å². The van der Waals surface area contributed by atoms with E-state index in [4.69, 9.17) is 0 Å². The van der Waals surface area contributed by atoms with Crippen LogP contribution in [-0.4, -0.2) is 66.9 Å². The van der Waals surface area contributed by atoms with Gasteiger partial charge in [-0.1, -0.05) is 20.8 Å². The first-order valence-corrected chi connectivity index (χ1v) is 12.7. The molecule has 0 fully saturated rings. The molecule has 44 heavy (non-hydrogen) atoms. The fraction of sp³-hybridized carbons (Fsp3) is 0.739. The van der Waals surface area contributed by atoms with Crippen LogP contribution in [0.3, 0.4) is 0 Å². The normalized spacial score (nSPS) is 17.9. The van der Waals surface area contributed by atoms with Crippen LogP contribution in [0.2, 0.25) is 0 Å². The summed E-state index contributed by atoms with van der Waals surface area (Å²) < 4.78 is 223. The first-order valence-electron chi connectivity index (χ1n) is 11.9. The van der Waals surface area contributed by atoms with Gasteiger partial charge in [0.2, 0.25) is 0 Å². The van der Waals surface area contributed by atoms with Crippen molar-refractivity contribution in [3.63, 3.8) is 0 Å². The number of ether oxygens (including phenoxy) is 1. The average Bonchev–Trinajstić information content (AvgIpc) is 3.23. The van der Waals surface area contributed by atoms with Crippen LogP contribution in [0.15, 0.2) is 0 Å². The van der Waals surface area contributed by atoms with Crippen molar-refractivity contribution in [3.8, 4) is 0 Å². The first-order chi connectivity index (χ1) is 19.4. The molecule has 1 N–H and O–H groups in total. The Morgan fingerprint density at radius 2 is 1.25 bits per heavy atom. The maximum absolute atomic E-state index is 14.5. The summed E-state index contributed by atoms with van der Waals surface area (Å²) in [7, 11) is 0.748. The van der Waals surface area contributed by atoms with Gasteiger partial charge in [0.15, 0.2) is 0 Å². The third-order valence-electron chi connectivity index (χ3n) is 7.06. The Morgan fingerprint density at radius 3 is 1.68 bits per heavy atom. The minimum absolute atomic E-state index is 0.0114. The lowest BCUT2D eigenvalue weighted by Crippen LogP contribution is -2.74. The summed E-state index contributed by atoms with van der Waals surface area (Å²) >= 11 is 0.286. The third-order valence-corrected chi connectivity index (χ3v) is 8.23. The van der Waals surface area contributed by atoms with Crippen molar-refractivity contribution in [2.45, 2.75) is 87.9 Å². The van der Waals surface area contributed by atoms with E-state index in [1.165, 1.54) is 0 Å². The molecule has 1 heterocycles. The zero-order chi connectivity index (χ0) is 34.9. The molecule has 1 aliphatic carbocycles. The highest BCUT2D eigenvalue weighted by Crippen LogP contribution is 2.63. The van der Waals surface area contributed by atoms with Crippen LogP contribution >= 0.6 is 11.3 Å².